The van der Waals surface area contributed by atoms with Crippen molar-refractivity contribution in [2.24, 2.45) is 11.8 Å². The van der Waals surface area contributed by atoms with Crippen LogP contribution in [0.4, 0.5) is 0 Å². The smallest absolute Gasteiger partial charge is 0.00216 e. The predicted octanol–water partition coefficient (Wildman–Crippen LogP) is 2.59. The summed E-state index contributed by atoms with van der Waals surface area (Å²) < 4.78 is 0. The number of hydrogen-bond donors (Lipinski definition) is 0. The van der Waals surface area contributed by atoms with Gasteiger partial charge in [0.05, 0.1) is 0 Å². The van der Waals surface area contributed by atoms with Crippen molar-refractivity contribution in [1.82, 2.24) is 0 Å². The number of rotatable bonds is 2. The summed E-state index contributed by atoms with van der Waals surface area (Å²) in [5.41, 5.74) is 0. The van der Waals surface area contributed by atoms with E-state index in [9.17, 15) is 0 Å². The fourth-order valence-corrected chi connectivity index (χ4v) is 1.02. The van der Waals surface area contributed by atoms with Gasteiger partial charge in [-0.3, -0.25) is 0 Å². The van der Waals surface area contributed by atoms with Gasteiger partial charge in [-0.15, -0.1) is 0 Å². The van der Waals surface area contributed by atoms with Crippen LogP contribution < -0.4 is 0 Å². The van der Waals surface area contributed by atoms with E-state index in [1.54, 1.807) is 0 Å². The third kappa shape index (κ3) is 1.44. The standard InChI is InChI=1S/C9H13/c1-3-8(2)9-6-4-5-7-9/h4-9H,1,3H2,2H3. The topological polar surface area (TPSA) is 0 Å². The van der Waals surface area contributed by atoms with E-state index >= 15 is 0 Å². The highest BCUT2D eigenvalue weighted by molar-refractivity contribution is 5.18. The zero-order valence-electron chi connectivity index (χ0n) is 5.88. The van der Waals surface area contributed by atoms with Gasteiger partial charge in [-0.1, -0.05) is 38.2 Å². The second kappa shape index (κ2) is 2.86. The molecule has 0 heteroatoms. The van der Waals surface area contributed by atoms with Crippen LogP contribution in [0.25, 0.3) is 0 Å². The average Bonchev–Trinajstić information content (AvgIpc) is 2.37. The van der Waals surface area contributed by atoms with E-state index < -0.39 is 0 Å². The maximum atomic E-state index is 3.86. The Labute approximate surface area is 57.3 Å². The molecule has 0 aromatic rings. The molecule has 49 valence electrons. The fraction of sp³-hybridized carbons (Fsp3) is 0.444. The fourth-order valence-electron chi connectivity index (χ4n) is 1.02. The Balaban J connectivity index is 2.43. The molecule has 1 aliphatic carbocycles. The van der Waals surface area contributed by atoms with Crippen LogP contribution in [0.5, 0.6) is 0 Å². The van der Waals surface area contributed by atoms with Crippen molar-refractivity contribution in [3.63, 3.8) is 0 Å². The Morgan fingerprint density at radius 3 is 2.44 bits per heavy atom. The molecular formula is C9H13. The average molecular weight is 121 g/mol. The molecule has 1 radical (unpaired) electrons. The summed E-state index contributed by atoms with van der Waals surface area (Å²) in [4.78, 5) is 0. The zero-order chi connectivity index (χ0) is 6.69. The molecule has 9 heavy (non-hydrogen) atoms. The van der Waals surface area contributed by atoms with Crippen LogP contribution in [0.15, 0.2) is 24.3 Å². The summed E-state index contributed by atoms with van der Waals surface area (Å²) in [6, 6.07) is 0. The summed E-state index contributed by atoms with van der Waals surface area (Å²) in [6.45, 7) is 6.10. The highest BCUT2D eigenvalue weighted by Crippen LogP contribution is 2.20. The Hall–Kier alpha value is -0.520. The maximum Gasteiger partial charge on any atom is -0.00216 e. The van der Waals surface area contributed by atoms with E-state index in [4.69, 9.17) is 0 Å². The predicted molar refractivity (Wildman–Crippen MR) is 40.9 cm³/mol. The van der Waals surface area contributed by atoms with Gasteiger partial charge in [0.2, 0.25) is 0 Å². The number of allylic oxidation sites excluding steroid dienone is 4. The lowest BCUT2D eigenvalue weighted by Crippen LogP contribution is -2.02. The van der Waals surface area contributed by atoms with Crippen LogP contribution in [0.1, 0.15) is 13.3 Å². The molecule has 0 spiro atoms. The molecule has 0 fully saturated rings. The van der Waals surface area contributed by atoms with Gasteiger partial charge in [0.25, 0.3) is 0 Å². The third-order valence-corrected chi connectivity index (χ3v) is 1.89. The molecule has 1 rings (SSSR count). The van der Waals surface area contributed by atoms with Crippen LogP contribution >= 0.6 is 0 Å². The second-order valence-electron chi connectivity index (χ2n) is 2.61. The van der Waals surface area contributed by atoms with Gasteiger partial charge in [-0.2, -0.15) is 0 Å². The van der Waals surface area contributed by atoms with Crippen LogP contribution in [0.3, 0.4) is 0 Å². The van der Waals surface area contributed by atoms with E-state index in [0.29, 0.717) is 11.8 Å². The van der Waals surface area contributed by atoms with E-state index in [-0.39, 0.29) is 0 Å². The monoisotopic (exact) mass is 121 g/mol. The zero-order valence-corrected chi connectivity index (χ0v) is 5.88. The quantitative estimate of drug-likeness (QED) is 0.526. The largest absolute Gasteiger partial charge is 0.0774 e. The van der Waals surface area contributed by atoms with E-state index in [0.717, 1.165) is 6.42 Å². The molecule has 0 aromatic heterocycles. The molecule has 0 saturated heterocycles. The molecule has 1 unspecified atom stereocenters. The molecule has 0 nitrogen and oxygen atoms in total. The Morgan fingerprint density at radius 1 is 1.44 bits per heavy atom. The van der Waals surface area contributed by atoms with Gasteiger partial charge < -0.3 is 0 Å². The first kappa shape index (κ1) is 6.60. The van der Waals surface area contributed by atoms with Gasteiger partial charge in [-0.25, -0.2) is 0 Å². The highest BCUT2D eigenvalue weighted by Gasteiger charge is 2.10. The highest BCUT2D eigenvalue weighted by atomic mass is 14.1. The normalized spacial score (nSPS) is 21.1. The third-order valence-electron chi connectivity index (χ3n) is 1.89. The van der Waals surface area contributed by atoms with Gasteiger partial charge >= 0.3 is 0 Å². The molecule has 1 aliphatic rings. The Bertz CT molecular complexity index is 119. The lowest BCUT2D eigenvalue weighted by Gasteiger charge is -2.11. The summed E-state index contributed by atoms with van der Waals surface area (Å²) in [6.07, 6.45) is 9.71. The molecule has 0 aliphatic heterocycles. The maximum absolute atomic E-state index is 3.86. The summed E-state index contributed by atoms with van der Waals surface area (Å²) in [5, 5.41) is 0. The SMILES string of the molecule is [CH2]CC(C)C1C=CC=C1. The van der Waals surface area contributed by atoms with Crippen LogP contribution in [-0.2, 0) is 0 Å². The van der Waals surface area contributed by atoms with Crippen molar-refractivity contribution in [2.75, 3.05) is 0 Å². The van der Waals surface area contributed by atoms with Crippen molar-refractivity contribution >= 4 is 0 Å². The first-order valence-electron chi connectivity index (χ1n) is 3.49. The van der Waals surface area contributed by atoms with E-state index in [1.165, 1.54) is 0 Å². The van der Waals surface area contributed by atoms with Gasteiger partial charge in [-0.05, 0) is 18.3 Å². The molecule has 0 saturated carbocycles. The lowest BCUT2D eigenvalue weighted by atomic mass is 9.94. The van der Waals surface area contributed by atoms with E-state index in [2.05, 4.69) is 38.2 Å². The van der Waals surface area contributed by atoms with Crippen molar-refractivity contribution in [1.29, 1.82) is 0 Å². The Kier molecular flexibility index (Phi) is 2.10. The minimum Gasteiger partial charge on any atom is -0.0774 e. The molecule has 0 heterocycles. The summed E-state index contributed by atoms with van der Waals surface area (Å²) in [5.74, 6) is 1.36. The van der Waals surface area contributed by atoms with Gasteiger partial charge in [0, 0.05) is 0 Å². The first-order chi connectivity index (χ1) is 4.34. The van der Waals surface area contributed by atoms with Crippen molar-refractivity contribution in [3.8, 4) is 0 Å². The minimum atomic E-state index is 0.655. The first-order valence-corrected chi connectivity index (χ1v) is 3.49. The molecule has 0 N–H and O–H groups in total. The molecule has 0 bridgehead atoms. The summed E-state index contributed by atoms with van der Waals surface area (Å²) >= 11 is 0. The lowest BCUT2D eigenvalue weighted by molar-refractivity contribution is 0.508. The molecular weight excluding hydrogens is 108 g/mol. The van der Waals surface area contributed by atoms with Gasteiger partial charge in [0.1, 0.15) is 0 Å². The van der Waals surface area contributed by atoms with Crippen molar-refractivity contribution in [2.45, 2.75) is 13.3 Å². The van der Waals surface area contributed by atoms with Crippen LogP contribution in [0, 0.1) is 18.8 Å². The van der Waals surface area contributed by atoms with Crippen LogP contribution in [-0.4, -0.2) is 0 Å². The summed E-state index contributed by atoms with van der Waals surface area (Å²) in [7, 11) is 0. The van der Waals surface area contributed by atoms with Gasteiger partial charge in [0.15, 0.2) is 0 Å². The van der Waals surface area contributed by atoms with E-state index in [1.807, 2.05) is 0 Å². The minimum absolute atomic E-state index is 0.655. The van der Waals surface area contributed by atoms with Crippen molar-refractivity contribution in [3.05, 3.63) is 31.2 Å². The molecule has 0 aromatic carbocycles. The van der Waals surface area contributed by atoms with Crippen LogP contribution in [0.2, 0.25) is 0 Å². The molecule has 0 amide bonds. The number of hydrogen-bond acceptors (Lipinski definition) is 0. The molecule has 1 atom stereocenters. The van der Waals surface area contributed by atoms with Crippen molar-refractivity contribution < 1.29 is 0 Å². The Morgan fingerprint density at radius 2 is 2.00 bits per heavy atom. The second-order valence-corrected chi connectivity index (χ2v) is 2.61.